The third-order valence-corrected chi connectivity index (χ3v) is 49.9. The molecule has 4 aromatic carbocycles. The molecule has 0 unspecified atom stereocenters. The van der Waals surface area contributed by atoms with Crippen LogP contribution < -0.4 is 26.6 Å². The quantitative estimate of drug-likeness (QED) is 0.00751. The summed E-state index contributed by atoms with van der Waals surface area (Å²) < 4.78 is 113. The first-order valence-electron chi connectivity index (χ1n) is 46.0. The Kier molecular flexibility index (Phi) is 36.0. The second-order valence-corrected chi connectivity index (χ2v) is 67.9. The third kappa shape index (κ3) is 29.1. The molecule has 4 aliphatic heterocycles. The number of nitrogens with zero attached hydrogens (tertiary/aromatic N) is 4. The van der Waals surface area contributed by atoms with Crippen LogP contribution in [0, 0.1) is 0 Å². The van der Waals surface area contributed by atoms with Gasteiger partial charge in [0.25, 0.3) is 5.91 Å². The van der Waals surface area contributed by atoms with E-state index in [2.05, 4.69) is 159 Å². The molecular formula is C94H151N9O24Si5. The van der Waals surface area contributed by atoms with Crippen LogP contribution in [-0.2, 0) is 105 Å². The molecule has 9 rings (SSSR count). The molecule has 1 aliphatic carbocycles. The molecule has 38 heteroatoms. The van der Waals surface area contributed by atoms with Crippen molar-refractivity contribution in [1.29, 1.82) is 0 Å². The number of hydrogen-bond donors (Lipinski definition) is 7. The summed E-state index contributed by atoms with van der Waals surface area (Å²) in [7, 11) is -15.2. The summed E-state index contributed by atoms with van der Waals surface area (Å²) in [5.74, 6) is -1.02. The maximum Gasteiger partial charge on any atom is 0.410 e. The van der Waals surface area contributed by atoms with Gasteiger partial charge in [0.05, 0.1) is 56.6 Å². The Bertz CT molecular complexity index is 4480. The molecule has 1 saturated carbocycles. The van der Waals surface area contributed by atoms with Crippen LogP contribution in [0.4, 0.5) is 24.0 Å². The Balaban J connectivity index is 1.28. The summed E-state index contributed by atoms with van der Waals surface area (Å²) in [6.07, 6.45) is -25.1. The number of alkyl carbamates (subject to hydrolysis) is 4. The zero-order valence-electron chi connectivity index (χ0n) is 82.9. The Hall–Kier alpha value is -7.43. The first-order valence-corrected chi connectivity index (χ1v) is 60.5. The fourth-order valence-corrected chi connectivity index (χ4v) is 20.7. The molecule has 0 bridgehead atoms. The predicted octanol–water partition coefficient (Wildman–Crippen LogP) is 16.6. The van der Waals surface area contributed by atoms with Gasteiger partial charge in [0.15, 0.2) is 66.1 Å². The highest BCUT2D eigenvalue weighted by molar-refractivity contribution is 6.76. The van der Waals surface area contributed by atoms with E-state index in [-0.39, 0.29) is 52.5 Å². The monoisotopic (exact) mass is 1930 g/mol. The maximum atomic E-state index is 15.3. The molecule has 4 heterocycles. The van der Waals surface area contributed by atoms with E-state index < -0.39 is 244 Å². The van der Waals surface area contributed by atoms with Gasteiger partial charge in [-0.05, 0) is 146 Å². The fourth-order valence-electron chi connectivity index (χ4n) is 14.5. The van der Waals surface area contributed by atoms with E-state index in [1.165, 1.54) is 0 Å². The smallest absolute Gasteiger partial charge is 0.410 e. The Labute approximate surface area is 786 Å². The minimum absolute atomic E-state index is 0.0300. The molecule has 0 aromatic heterocycles. The zero-order valence-corrected chi connectivity index (χ0v) is 87.9. The molecule has 4 saturated heterocycles. The van der Waals surface area contributed by atoms with Gasteiger partial charge in [-0.1, -0.05) is 230 Å². The van der Waals surface area contributed by atoms with E-state index in [1.54, 1.807) is 57.2 Å². The SMILES string of the molecule is CC(C)(C)OC(=O)N1CC(O)(C(=O)N[C@@H]2C[C@H](NC(=O)OCc3ccccc3)[C@@H](O[C@H]3O[C@H](CN=[N+]=[N-])C[C@H](O[Si](C)(C)C(C)(C)C)[C@H]3NC(=O)OCc3ccccc3)[C@H](O[C@@H]3O[C@H](CO[Si](C)(C)C(C)(C)C)[C@@H](O[C@H]4O[C@@H](CNC(=O)OCc5ccccc5)[C@@H](O[Si](C)(C)C(C)(C)C)[C@H](O[Si](C)(C)C(C)(C)C)[C@H]4NC(=O)OCc4ccccc4)[C@H]3O[Si](C)(C)C(C)(C)C)[C@H]2O)C1. The number of carbonyl (C=O) groups is 6. The van der Waals surface area contributed by atoms with E-state index in [4.69, 9.17) is 74.2 Å². The highest BCUT2D eigenvalue weighted by atomic mass is 28.4. The van der Waals surface area contributed by atoms with Gasteiger partial charge in [0.2, 0.25) is 0 Å². The van der Waals surface area contributed by atoms with Gasteiger partial charge >= 0.3 is 30.5 Å². The number of aliphatic hydroxyl groups excluding tert-OH is 1. The van der Waals surface area contributed by atoms with Crippen molar-refractivity contribution in [1.82, 2.24) is 31.5 Å². The van der Waals surface area contributed by atoms with Crippen LogP contribution in [0.1, 0.15) is 160 Å². The summed E-state index contributed by atoms with van der Waals surface area (Å²) in [5, 5.41) is 43.1. The van der Waals surface area contributed by atoms with E-state index in [9.17, 15) is 30.1 Å². The molecule has 132 heavy (non-hydrogen) atoms. The van der Waals surface area contributed by atoms with E-state index in [1.807, 2.05) is 132 Å². The van der Waals surface area contributed by atoms with Crippen molar-refractivity contribution in [2.45, 2.75) is 376 Å². The first kappa shape index (κ1) is 108. The molecule has 736 valence electrons. The maximum absolute atomic E-state index is 15.3. The molecule has 6 amide bonds. The van der Waals surface area contributed by atoms with Crippen LogP contribution in [0.2, 0.25) is 90.7 Å². The molecule has 5 fully saturated rings. The van der Waals surface area contributed by atoms with Crippen molar-refractivity contribution < 1.29 is 113 Å². The number of nitrogens with one attached hydrogen (secondary N) is 5. The van der Waals surface area contributed by atoms with Crippen LogP contribution in [0.15, 0.2) is 126 Å². The number of likely N-dealkylation sites (tertiary alicyclic amines) is 1. The van der Waals surface area contributed by atoms with Gasteiger partial charge in [-0.2, -0.15) is 0 Å². The third-order valence-electron chi connectivity index (χ3n) is 27.5. The average molecular weight is 1930 g/mol. The summed E-state index contributed by atoms with van der Waals surface area (Å²) in [6.45, 7) is 54.4. The summed E-state index contributed by atoms with van der Waals surface area (Å²) in [4.78, 5) is 92.8. The van der Waals surface area contributed by atoms with Gasteiger partial charge in [-0.25, -0.2) is 24.0 Å². The van der Waals surface area contributed by atoms with Crippen molar-refractivity contribution >= 4 is 78.0 Å². The number of amides is 6. The summed E-state index contributed by atoms with van der Waals surface area (Å²) in [5.41, 5.74) is 9.54. The number of hydrogen-bond acceptors (Lipinski definition) is 25. The highest BCUT2D eigenvalue weighted by Gasteiger charge is 2.63. The minimum atomic E-state index is -3.32. The van der Waals surface area contributed by atoms with Crippen molar-refractivity contribution in [3.8, 4) is 0 Å². The molecule has 0 spiro atoms. The number of benzene rings is 4. The van der Waals surface area contributed by atoms with E-state index in [0.29, 0.717) is 16.7 Å². The average Bonchev–Trinajstić information content (AvgIpc) is 1.40. The van der Waals surface area contributed by atoms with Crippen molar-refractivity contribution in [2.24, 2.45) is 5.11 Å². The first-order chi connectivity index (χ1) is 61.1. The molecule has 5 aliphatic rings. The predicted molar refractivity (Wildman–Crippen MR) is 511 cm³/mol. The lowest BCUT2D eigenvalue weighted by molar-refractivity contribution is -0.297. The lowest BCUT2D eigenvalue weighted by atomic mass is 9.82. The van der Waals surface area contributed by atoms with Crippen molar-refractivity contribution in [2.75, 3.05) is 32.8 Å². The minimum Gasteiger partial charge on any atom is -0.445 e. The number of aliphatic hydroxyl groups is 2. The highest BCUT2D eigenvalue weighted by Crippen LogP contribution is 2.49. The standard InChI is InChI=1S/C94H151N9O24Si5/c1-88(2,3)123-87(110)103-58-94(111,59-103)82(105)98-65-50-66(99-84(107)113-54-61-43-35-30-36-44-61)73(120-79-70(100-85(108)114-55-62-45-37-31-38-46-62)67(49-64(117-79)51-97-102-95)124-129(21,22)90(7,8)9)77(72(65)104)122-81-78(127-132(27,28)93(16,17)18)74(69(119-81)57-116-128(19,20)89(4,5)6)121-80-71(101-86(109)115-56-63-47-39-32-40-48-63)76(126-131(25,26)92(13,14)15)75(125-130(23,24)91(10,11)12)68(118-80)52-96-83(106)112-53-60-41-33-29-34-42-60/h29-48,64-81,104,111H,49-59H2,1-28H3,(H,96,106)(H,98,105)(H,99,107)(H,100,108)(H,101,109)/t64-,65+,66-,67-,68-,69+,70+,71+,72-,73+,74+,75+,76+,77+,78+,79+,80+,81-/m0/s1. The number of β-amino-alcohol motifs (C(OH)–C–C–N with tert-alkyl or cyclic N) is 1. The van der Waals surface area contributed by atoms with E-state index >= 15 is 14.4 Å². The normalized spacial score (nSPS) is 26.4. The second kappa shape index (κ2) is 43.9. The lowest BCUT2D eigenvalue weighted by Crippen LogP contribution is -2.73. The Morgan fingerprint density at radius 3 is 1.30 bits per heavy atom. The van der Waals surface area contributed by atoms with Gasteiger partial charge in [-0.15, -0.1) is 0 Å². The van der Waals surface area contributed by atoms with E-state index in [0.717, 1.165) is 10.5 Å². The van der Waals surface area contributed by atoms with Gasteiger partial charge in [-0.3, -0.25) is 4.79 Å². The Morgan fingerprint density at radius 2 is 0.848 bits per heavy atom. The van der Waals surface area contributed by atoms with Crippen molar-refractivity contribution in [3.05, 3.63) is 154 Å². The molecule has 7 N–H and O–H groups in total. The van der Waals surface area contributed by atoms with Crippen LogP contribution in [0.5, 0.6) is 0 Å². The van der Waals surface area contributed by atoms with Crippen LogP contribution in [0.3, 0.4) is 0 Å². The van der Waals surface area contributed by atoms with Crippen LogP contribution in [-0.4, -0.2) is 247 Å². The molecule has 0 radical (unpaired) electrons. The Morgan fingerprint density at radius 1 is 0.455 bits per heavy atom. The molecular weight excluding hydrogens is 1780 g/mol. The second-order valence-electron chi connectivity index (χ2n) is 44.1. The lowest BCUT2D eigenvalue weighted by Gasteiger charge is -2.53. The summed E-state index contributed by atoms with van der Waals surface area (Å²) in [6, 6.07) is 30.7. The molecule has 4 aromatic rings. The zero-order chi connectivity index (χ0) is 97.9. The number of ether oxygens (including phenoxy) is 11. The topological polar surface area (TPSA) is 403 Å². The van der Waals surface area contributed by atoms with Crippen LogP contribution >= 0.6 is 0 Å². The number of azide groups is 1. The number of rotatable bonds is 34. The fraction of sp³-hybridized carbons (Fsp3) is 0.681. The van der Waals surface area contributed by atoms with Gasteiger partial charge in [0, 0.05) is 17.9 Å². The molecule has 18 atom stereocenters. The largest absolute Gasteiger partial charge is 0.445 e. The summed E-state index contributed by atoms with van der Waals surface area (Å²) >= 11 is 0. The number of carbonyl (C=O) groups excluding carboxylic acids is 6. The van der Waals surface area contributed by atoms with Crippen LogP contribution in [0.25, 0.3) is 10.4 Å². The molecule has 33 nitrogen and oxygen atoms in total. The van der Waals surface area contributed by atoms with Crippen molar-refractivity contribution in [3.63, 3.8) is 0 Å². The van der Waals surface area contributed by atoms with Gasteiger partial charge < -0.3 is 116 Å². The van der Waals surface area contributed by atoms with Gasteiger partial charge in [0.1, 0.15) is 92.9 Å².